The van der Waals surface area contributed by atoms with Gasteiger partial charge in [-0.3, -0.25) is 0 Å². The fourth-order valence-electron chi connectivity index (χ4n) is 4.92. The second-order valence-corrected chi connectivity index (χ2v) is 33.5. The average molecular weight is 544 g/mol. The van der Waals surface area contributed by atoms with Gasteiger partial charge in [0.1, 0.15) is 0 Å². The summed E-state index contributed by atoms with van der Waals surface area (Å²) in [5, 5.41) is 0. The molecule has 0 saturated carbocycles. The summed E-state index contributed by atoms with van der Waals surface area (Å²) in [4.78, 5) is 0. The molecule has 0 spiro atoms. The van der Waals surface area contributed by atoms with Crippen molar-refractivity contribution < 1.29 is 32.7 Å². The Balaban J connectivity index is 2.06. The Morgan fingerprint density at radius 3 is 1.64 bits per heavy atom. The maximum atomic E-state index is 13.8. The molecule has 0 aliphatic heterocycles. The molecule has 33 heavy (non-hydrogen) atoms. The topological polar surface area (TPSA) is 18.5 Å². The minimum atomic E-state index is -5.01. The molecule has 0 atom stereocenters. The molecule has 4 rings (SSSR count). The third-order valence-corrected chi connectivity index (χ3v) is 37.6. The number of hydrogen-bond acceptors (Lipinski definition) is 2. The van der Waals surface area contributed by atoms with Crippen LogP contribution in [0.4, 0.5) is 8.78 Å². The van der Waals surface area contributed by atoms with E-state index >= 15 is 0 Å². The zero-order chi connectivity index (χ0) is 23.8. The molecule has 0 unspecified atom stereocenters. The van der Waals surface area contributed by atoms with Crippen molar-refractivity contribution >= 4 is 5.43 Å². The first-order valence-corrected chi connectivity index (χ1v) is 21.9. The first kappa shape index (κ1) is 24.1. The molecule has 6 heteroatoms. The molecular formula is C27H30F2O2SiZr. The van der Waals surface area contributed by atoms with Crippen molar-refractivity contribution in [1.82, 2.24) is 0 Å². The fraction of sp³-hybridized carbons (Fsp3) is 0.259. The normalized spacial score (nSPS) is 16.4. The van der Waals surface area contributed by atoms with Gasteiger partial charge in [0.15, 0.2) is 0 Å². The van der Waals surface area contributed by atoms with Gasteiger partial charge in [0.05, 0.1) is 0 Å². The molecular weight excluding hydrogens is 514 g/mol. The summed E-state index contributed by atoms with van der Waals surface area (Å²) in [7, 11) is 0. The Bertz CT molecular complexity index is 1240. The predicted octanol–water partition coefficient (Wildman–Crippen LogP) is 8.05. The van der Waals surface area contributed by atoms with Gasteiger partial charge in [-0.25, -0.2) is 0 Å². The van der Waals surface area contributed by atoms with Gasteiger partial charge < -0.3 is 0 Å². The first-order valence-electron chi connectivity index (χ1n) is 11.2. The van der Waals surface area contributed by atoms with E-state index in [1.807, 2.05) is 0 Å². The Morgan fingerprint density at radius 1 is 0.758 bits per heavy atom. The molecule has 0 saturated heterocycles. The molecule has 0 fully saturated rings. The molecule has 0 bridgehead atoms. The standard InChI is InChI=1S/C7H9.2C6H5FO.C6H7.C2H6Si.Zr/c1-6-4-3-5-7(6)2;2*7-5-1-3-6(8)4-2-5;1-6-4-2-3-5-6;1-3-2;/h4H,5H2,1-2H3;2*1-4,8H;4-5H,2H2,1H3;1-2H3;/q;;;;;+2/p-2. The first-order chi connectivity index (χ1) is 15.6. The van der Waals surface area contributed by atoms with Gasteiger partial charge in [-0.2, -0.15) is 0 Å². The van der Waals surface area contributed by atoms with E-state index in [0.29, 0.717) is 11.5 Å². The molecule has 0 N–H and O–H groups in total. The monoisotopic (exact) mass is 542 g/mol. The van der Waals surface area contributed by atoms with E-state index in [-0.39, 0.29) is 11.6 Å². The van der Waals surface area contributed by atoms with E-state index < -0.39 is 23.7 Å². The van der Waals surface area contributed by atoms with Crippen LogP contribution in [-0.4, -0.2) is 5.43 Å². The van der Waals surface area contributed by atoms with E-state index in [0.717, 1.165) is 12.8 Å². The molecule has 172 valence electrons. The molecule has 0 aromatic heterocycles. The predicted molar refractivity (Wildman–Crippen MR) is 129 cm³/mol. The SMILES string of the molecule is CC1=CC[C]([Zr]([O]c2ccc(F)cc2)([O]c2ccc(F)cc2)([C]2=CC(C)=C(C)C2)=[Si](C)C)=C1. The van der Waals surface area contributed by atoms with Crippen LogP contribution in [0.5, 0.6) is 11.5 Å². The number of hydrogen-bond donors (Lipinski definition) is 0. The molecule has 2 aliphatic rings. The van der Waals surface area contributed by atoms with Crippen LogP contribution in [0.3, 0.4) is 0 Å². The summed E-state index contributed by atoms with van der Waals surface area (Å²) in [6.07, 6.45) is 8.29. The van der Waals surface area contributed by atoms with Gasteiger partial charge in [-0.1, -0.05) is 0 Å². The van der Waals surface area contributed by atoms with Crippen molar-refractivity contribution in [3.63, 3.8) is 0 Å². The van der Waals surface area contributed by atoms with Gasteiger partial charge in [-0.15, -0.1) is 0 Å². The fourth-order valence-corrected chi connectivity index (χ4v) is 32.7. The second kappa shape index (κ2) is 8.96. The molecule has 2 nitrogen and oxygen atoms in total. The Kier molecular flexibility index (Phi) is 6.54. The Labute approximate surface area is 197 Å². The average Bonchev–Trinajstić information content (AvgIpc) is 3.37. The maximum absolute atomic E-state index is 13.8. The van der Waals surface area contributed by atoms with E-state index in [9.17, 15) is 8.78 Å². The third-order valence-electron chi connectivity index (χ3n) is 6.89. The summed E-state index contributed by atoms with van der Waals surface area (Å²) in [5.41, 5.74) is 2.48. The van der Waals surface area contributed by atoms with Gasteiger partial charge in [-0.05, 0) is 0 Å². The number of allylic oxidation sites excluding steroid dienone is 8. The van der Waals surface area contributed by atoms with E-state index in [1.54, 1.807) is 24.3 Å². The van der Waals surface area contributed by atoms with Crippen molar-refractivity contribution in [2.24, 2.45) is 0 Å². The van der Waals surface area contributed by atoms with Crippen LogP contribution in [0.25, 0.3) is 0 Å². The van der Waals surface area contributed by atoms with Crippen LogP contribution in [0.15, 0.2) is 90.0 Å². The minimum absolute atomic E-state index is 0.304. The van der Waals surface area contributed by atoms with Crippen LogP contribution >= 0.6 is 0 Å². The van der Waals surface area contributed by atoms with Crippen LogP contribution < -0.4 is 5.63 Å². The van der Waals surface area contributed by atoms with E-state index in [4.69, 9.17) is 5.63 Å². The molecule has 0 amide bonds. The van der Waals surface area contributed by atoms with E-state index in [1.165, 1.54) is 47.5 Å². The van der Waals surface area contributed by atoms with Crippen LogP contribution in [0.1, 0.15) is 33.6 Å². The molecule has 2 aromatic carbocycles. The summed E-state index contributed by atoms with van der Waals surface area (Å²) < 4.78 is 44.5. The van der Waals surface area contributed by atoms with Gasteiger partial charge >= 0.3 is 198 Å². The van der Waals surface area contributed by atoms with Crippen LogP contribution in [0.2, 0.25) is 13.1 Å². The van der Waals surface area contributed by atoms with Crippen molar-refractivity contribution in [1.29, 1.82) is 0 Å². The quantitative estimate of drug-likeness (QED) is 0.343. The second-order valence-electron chi connectivity index (χ2n) is 9.31. The Morgan fingerprint density at radius 2 is 1.27 bits per heavy atom. The number of rotatable bonds is 6. The summed E-state index contributed by atoms with van der Waals surface area (Å²) in [6, 6.07) is 12.5. The number of benzene rings is 2. The summed E-state index contributed by atoms with van der Waals surface area (Å²) in [5.74, 6) is 0.621. The van der Waals surface area contributed by atoms with Crippen LogP contribution in [0, 0.1) is 11.6 Å². The zero-order valence-electron chi connectivity index (χ0n) is 19.8. The van der Waals surface area contributed by atoms with Gasteiger partial charge in [0.2, 0.25) is 0 Å². The van der Waals surface area contributed by atoms with Crippen LogP contribution in [-0.2, 0) is 18.3 Å². The van der Waals surface area contributed by atoms with Gasteiger partial charge in [0, 0.05) is 0 Å². The van der Waals surface area contributed by atoms with Gasteiger partial charge in [0.25, 0.3) is 0 Å². The van der Waals surface area contributed by atoms with Crippen molar-refractivity contribution in [3.05, 3.63) is 102 Å². The summed E-state index contributed by atoms with van der Waals surface area (Å²) >= 11 is -5.01. The summed E-state index contributed by atoms with van der Waals surface area (Å²) in [6.45, 7) is 10.9. The van der Waals surface area contributed by atoms with E-state index in [2.05, 4.69) is 52.1 Å². The Hall–Kier alpha value is -2.04. The third kappa shape index (κ3) is 4.17. The molecule has 0 radical (unpaired) electrons. The van der Waals surface area contributed by atoms with Crippen molar-refractivity contribution in [2.45, 2.75) is 46.7 Å². The molecule has 2 aromatic rings. The van der Waals surface area contributed by atoms with Crippen molar-refractivity contribution in [3.8, 4) is 11.5 Å². The van der Waals surface area contributed by atoms with Crippen molar-refractivity contribution in [2.75, 3.05) is 0 Å². The molecule has 2 aliphatic carbocycles. The molecule has 0 heterocycles. The zero-order valence-corrected chi connectivity index (χ0v) is 23.3. The number of halogens is 2.